The van der Waals surface area contributed by atoms with Crippen molar-refractivity contribution in [1.29, 1.82) is 0 Å². The Bertz CT molecular complexity index is 485. The molecule has 1 atom stereocenters. The van der Waals surface area contributed by atoms with E-state index in [2.05, 4.69) is 5.32 Å². The lowest BCUT2D eigenvalue weighted by molar-refractivity contribution is -0.128. The third-order valence-electron chi connectivity index (χ3n) is 3.36. The number of carbonyl (C=O) groups is 2. The van der Waals surface area contributed by atoms with E-state index in [9.17, 15) is 9.59 Å². The quantitative estimate of drug-likeness (QED) is 0.840. The molecule has 0 spiro atoms. The van der Waals surface area contributed by atoms with Gasteiger partial charge in [-0.1, -0.05) is 25.1 Å². The number of hydrogen-bond acceptors (Lipinski definition) is 2. The Morgan fingerprint density at radius 1 is 1.37 bits per heavy atom. The van der Waals surface area contributed by atoms with Gasteiger partial charge in [-0.3, -0.25) is 9.59 Å². The van der Waals surface area contributed by atoms with Crippen LogP contribution in [-0.2, 0) is 16.0 Å². The summed E-state index contributed by atoms with van der Waals surface area (Å²) >= 11 is 0. The standard InChI is InChI=1S/C15H20N2O2/c1-3-8-16-14(18)10-15(19)17-11(2)9-12-6-4-5-7-13(12)17/h4-7,11H,3,8-10H2,1-2H3,(H,16,18). The first-order valence-corrected chi connectivity index (χ1v) is 6.80. The number of anilines is 1. The van der Waals surface area contributed by atoms with Crippen LogP contribution in [0, 0.1) is 0 Å². The van der Waals surface area contributed by atoms with Crippen LogP contribution in [0.25, 0.3) is 0 Å². The lowest BCUT2D eigenvalue weighted by Crippen LogP contribution is -2.39. The van der Waals surface area contributed by atoms with E-state index in [0.717, 1.165) is 18.5 Å². The van der Waals surface area contributed by atoms with Crippen LogP contribution in [0.1, 0.15) is 32.3 Å². The van der Waals surface area contributed by atoms with Gasteiger partial charge < -0.3 is 10.2 Å². The summed E-state index contributed by atoms with van der Waals surface area (Å²) in [6, 6.07) is 8.02. The molecule has 0 fully saturated rings. The normalized spacial score (nSPS) is 17.2. The van der Waals surface area contributed by atoms with Gasteiger partial charge in [0.15, 0.2) is 0 Å². The van der Waals surface area contributed by atoms with Crippen molar-refractivity contribution in [2.75, 3.05) is 11.4 Å². The molecule has 1 aliphatic rings. The zero-order valence-electron chi connectivity index (χ0n) is 11.5. The number of para-hydroxylation sites is 1. The number of fused-ring (bicyclic) bond motifs is 1. The van der Waals surface area contributed by atoms with Crippen LogP contribution in [0.5, 0.6) is 0 Å². The maximum atomic E-state index is 12.3. The molecule has 1 aromatic carbocycles. The summed E-state index contributed by atoms with van der Waals surface area (Å²) in [6.45, 7) is 4.63. The van der Waals surface area contributed by atoms with Crippen LogP contribution in [0.3, 0.4) is 0 Å². The van der Waals surface area contributed by atoms with Gasteiger partial charge in [0.05, 0.1) is 0 Å². The Morgan fingerprint density at radius 3 is 2.84 bits per heavy atom. The SMILES string of the molecule is CCCNC(=O)CC(=O)N1c2ccccc2CC1C. The molecule has 0 saturated carbocycles. The Morgan fingerprint density at radius 2 is 2.11 bits per heavy atom. The minimum Gasteiger partial charge on any atom is -0.356 e. The fraction of sp³-hybridized carbons (Fsp3) is 0.467. The Kier molecular flexibility index (Phi) is 4.20. The molecular weight excluding hydrogens is 240 g/mol. The summed E-state index contributed by atoms with van der Waals surface area (Å²) < 4.78 is 0. The van der Waals surface area contributed by atoms with Crippen molar-refractivity contribution in [3.63, 3.8) is 0 Å². The number of carbonyl (C=O) groups excluding carboxylic acids is 2. The maximum Gasteiger partial charge on any atom is 0.236 e. The van der Waals surface area contributed by atoms with Crippen LogP contribution in [0.15, 0.2) is 24.3 Å². The fourth-order valence-corrected chi connectivity index (χ4v) is 2.50. The monoisotopic (exact) mass is 260 g/mol. The molecule has 1 N–H and O–H groups in total. The van der Waals surface area contributed by atoms with E-state index in [1.165, 1.54) is 5.56 Å². The fourth-order valence-electron chi connectivity index (χ4n) is 2.50. The maximum absolute atomic E-state index is 12.3. The number of amides is 2. The van der Waals surface area contributed by atoms with Crippen LogP contribution >= 0.6 is 0 Å². The predicted octanol–water partition coefficient (Wildman–Crippen LogP) is 1.88. The minimum atomic E-state index is -0.191. The van der Waals surface area contributed by atoms with Gasteiger partial charge in [-0.05, 0) is 31.4 Å². The summed E-state index contributed by atoms with van der Waals surface area (Å²) in [5.41, 5.74) is 2.13. The number of nitrogens with one attached hydrogen (secondary N) is 1. The third kappa shape index (κ3) is 2.95. The summed E-state index contributed by atoms with van der Waals surface area (Å²) in [4.78, 5) is 25.6. The first-order valence-electron chi connectivity index (χ1n) is 6.80. The van der Waals surface area contributed by atoms with Gasteiger partial charge in [-0.2, -0.15) is 0 Å². The molecule has 19 heavy (non-hydrogen) atoms. The highest BCUT2D eigenvalue weighted by atomic mass is 16.2. The second-order valence-corrected chi connectivity index (χ2v) is 4.97. The van der Waals surface area contributed by atoms with E-state index in [1.54, 1.807) is 4.90 Å². The van der Waals surface area contributed by atoms with Crippen molar-refractivity contribution in [3.05, 3.63) is 29.8 Å². The summed E-state index contributed by atoms with van der Waals surface area (Å²) in [5.74, 6) is -0.311. The number of nitrogens with zero attached hydrogens (tertiary/aromatic N) is 1. The Hall–Kier alpha value is -1.84. The summed E-state index contributed by atoms with van der Waals surface area (Å²) in [5, 5.41) is 2.74. The second kappa shape index (κ2) is 5.87. The first-order chi connectivity index (χ1) is 9.13. The number of hydrogen-bond donors (Lipinski definition) is 1. The molecule has 1 aromatic rings. The molecule has 1 unspecified atom stereocenters. The lowest BCUT2D eigenvalue weighted by Gasteiger charge is -2.22. The highest BCUT2D eigenvalue weighted by molar-refractivity contribution is 6.06. The van der Waals surface area contributed by atoms with Gasteiger partial charge in [0.25, 0.3) is 0 Å². The van der Waals surface area contributed by atoms with Gasteiger partial charge in [0.2, 0.25) is 11.8 Å². The minimum absolute atomic E-state index is 0.0708. The Balaban J connectivity index is 2.05. The molecule has 0 saturated heterocycles. The van der Waals surface area contributed by atoms with E-state index < -0.39 is 0 Å². The topological polar surface area (TPSA) is 49.4 Å². The van der Waals surface area contributed by atoms with Gasteiger partial charge in [-0.15, -0.1) is 0 Å². The highest BCUT2D eigenvalue weighted by Crippen LogP contribution is 2.32. The van der Waals surface area contributed by atoms with E-state index in [1.807, 2.05) is 38.1 Å². The van der Waals surface area contributed by atoms with Gasteiger partial charge >= 0.3 is 0 Å². The van der Waals surface area contributed by atoms with Crippen molar-refractivity contribution in [2.24, 2.45) is 0 Å². The zero-order valence-corrected chi connectivity index (χ0v) is 11.5. The molecule has 2 rings (SSSR count). The van der Waals surface area contributed by atoms with Crippen molar-refractivity contribution in [3.8, 4) is 0 Å². The smallest absolute Gasteiger partial charge is 0.236 e. The second-order valence-electron chi connectivity index (χ2n) is 4.97. The molecule has 1 heterocycles. The predicted molar refractivity (Wildman–Crippen MR) is 75.0 cm³/mol. The van der Waals surface area contributed by atoms with Crippen molar-refractivity contribution >= 4 is 17.5 Å². The van der Waals surface area contributed by atoms with Crippen LogP contribution in [0.2, 0.25) is 0 Å². The number of rotatable bonds is 4. The van der Waals surface area contributed by atoms with Gasteiger partial charge in [0, 0.05) is 18.3 Å². The van der Waals surface area contributed by atoms with E-state index in [-0.39, 0.29) is 24.3 Å². The largest absolute Gasteiger partial charge is 0.356 e. The van der Waals surface area contributed by atoms with E-state index in [4.69, 9.17) is 0 Å². The molecule has 2 amide bonds. The molecule has 0 aliphatic carbocycles. The van der Waals surface area contributed by atoms with Crippen molar-refractivity contribution in [1.82, 2.24) is 5.32 Å². The summed E-state index contributed by atoms with van der Waals surface area (Å²) in [6.07, 6.45) is 1.67. The van der Waals surface area contributed by atoms with Crippen LogP contribution < -0.4 is 10.2 Å². The van der Waals surface area contributed by atoms with Crippen LogP contribution in [-0.4, -0.2) is 24.4 Å². The van der Waals surface area contributed by atoms with Crippen LogP contribution in [0.4, 0.5) is 5.69 Å². The molecule has 0 aromatic heterocycles. The van der Waals surface area contributed by atoms with Crippen molar-refractivity contribution < 1.29 is 9.59 Å². The molecule has 0 radical (unpaired) electrons. The molecule has 4 nitrogen and oxygen atoms in total. The molecule has 1 aliphatic heterocycles. The van der Waals surface area contributed by atoms with Gasteiger partial charge in [-0.25, -0.2) is 0 Å². The highest BCUT2D eigenvalue weighted by Gasteiger charge is 2.31. The molecule has 0 bridgehead atoms. The zero-order chi connectivity index (χ0) is 13.8. The molecular formula is C15H20N2O2. The average molecular weight is 260 g/mol. The summed E-state index contributed by atoms with van der Waals surface area (Å²) in [7, 11) is 0. The average Bonchev–Trinajstić information content (AvgIpc) is 2.72. The van der Waals surface area contributed by atoms with E-state index >= 15 is 0 Å². The van der Waals surface area contributed by atoms with Crippen molar-refractivity contribution in [2.45, 2.75) is 39.2 Å². The molecule has 4 heteroatoms. The third-order valence-corrected chi connectivity index (χ3v) is 3.36. The first kappa shape index (κ1) is 13.6. The Labute approximate surface area is 113 Å². The lowest BCUT2D eigenvalue weighted by atomic mass is 10.1. The molecule has 102 valence electrons. The van der Waals surface area contributed by atoms with Gasteiger partial charge in [0.1, 0.15) is 6.42 Å². The number of benzene rings is 1. The van der Waals surface area contributed by atoms with E-state index in [0.29, 0.717) is 6.54 Å².